The maximum absolute atomic E-state index is 12.3. The van der Waals surface area contributed by atoms with Gasteiger partial charge in [-0.2, -0.15) is 0 Å². The van der Waals surface area contributed by atoms with E-state index in [2.05, 4.69) is 4.72 Å². The van der Waals surface area contributed by atoms with Crippen molar-refractivity contribution in [3.05, 3.63) is 60.9 Å². The summed E-state index contributed by atoms with van der Waals surface area (Å²) in [6.45, 7) is 0. The van der Waals surface area contributed by atoms with Crippen LogP contribution in [0, 0.1) is 5.92 Å². The van der Waals surface area contributed by atoms with E-state index in [0.29, 0.717) is 12.8 Å². The van der Waals surface area contributed by atoms with Gasteiger partial charge in [0.2, 0.25) is 5.91 Å². The first-order valence-electron chi connectivity index (χ1n) is 7.51. The molecule has 120 valence electrons. The minimum absolute atomic E-state index is 0.0908. The number of aromatic nitrogens is 1. The topological polar surface area (TPSA) is 68.2 Å². The largest absolute Gasteiger partial charge is 0.324 e. The van der Waals surface area contributed by atoms with Crippen LogP contribution in [0.5, 0.6) is 0 Å². The van der Waals surface area contributed by atoms with Gasteiger partial charge in [0.15, 0.2) is 0 Å². The summed E-state index contributed by atoms with van der Waals surface area (Å²) in [5.41, 5.74) is 0.859. The summed E-state index contributed by atoms with van der Waals surface area (Å²) in [5, 5.41) is 0. The second-order valence-electron chi connectivity index (χ2n) is 5.54. The fraction of sp³-hybridized carbons (Fsp3) is 0.235. The van der Waals surface area contributed by atoms with Crippen LogP contribution in [-0.2, 0) is 14.8 Å². The zero-order chi connectivity index (χ0) is 16.3. The smallest absolute Gasteiger partial charge is 0.264 e. The normalized spacial score (nSPS) is 17.8. The fourth-order valence-electron chi connectivity index (χ4n) is 2.61. The van der Waals surface area contributed by atoms with Crippen molar-refractivity contribution in [2.24, 2.45) is 5.92 Å². The van der Waals surface area contributed by atoms with Crippen LogP contribution >= 0.6 is 0 Å². The molecule has 1 aliphatic rings. The number of nitrogens with one attached hydrogen (secondary N) is 1. The van der Waals surface area contributed by atoms with Gasteiger partial charge in [-0.3, -0.25) is 4.79 Å². The fourth-order valence-corrected chi connectivity index (χ4v) is 3.65. The van der Waals surface area contributed by atoms with E-state index in [9.17, 15) is 13.2 Å². The van der Waals surface area contributed by atoms with Crippen molar-refractivity contribution in [2.45, 2.75) is 24.2 Å². The number of sulfonamides is 1. The minimum Gasteiger partial charge on any atom is -0.324 e. The minimum atomic E-state index is -3.83. The van der Waals surface area contributed by atoms with E-state index in [1.165, 1.54) is 12.1 Å². The summed E-state index contributed by atoms with van der Waals surface area (Å²) in [5.74, 6) is -0.697. The lowest BCUT2D eigenvalue weighted by Gasteiger charge is -2.17. The second-order valence-corrected chi connectivity index (χ2v) is 7.22. The van der Waals surface area contributed by atoms with Crippen LogP contribution in [0.3, 0.4) is 0 Å². The molecule has 1 unspecified atom stereocenters. The number of hydrogen-bond acceptors (Lipinski definition) is 3. The third-order valence-electron chi connectivity index (χ3n) is 3.92. The average Bonchev–Trinajstić information content (AvgIpc) is 3.10. The monoisotopic (exact) mass is 330 g/mol. The number of nitrogens with zero attached hydrogens (tertiary/aromatic N) is 1. The molecule has 1 amide bonds. The van der Waals surface area contributed by atoms with Gasteiger partial charge in [-0.15, -0.1) is 0 Å². The molecule has 0 saturated heterocycles. The second kappa shape index (κ2) is 6.42. The van der Waals surface area contributed by atoms with Gasteiger partial charge in [0, 0.05) is 24.0 Å². The molecule has 1 aromatic heterocycles. The van der Waals surface area contributed by atoms with Gasteiger partial charge in [0.1, 0.15) is 0 Å². The molecule has 0 spiro atoms. The Balaban J connectivity index is 1.74. The molecule has 1 aliphatic carbocycles. The number of hydrogen-bond donors (Lipinski definition) is 1. The number of benzene rings is 1. The van der Waals surface area contributed by atoms with E-state index in [-0.39, 0.29) is 10.8 Å². The molecule has 0 fully saturated rings. The van der Waals surface area contributed by atoms with E-state index in [4.69, 9.17) is 0 Å². The van der Waals surface area contributed by atoms with Gasteiger partial charge in [0.05, 0.1) is 4.90 Å². The third-order valence-corrected chi connectivity index (χ3v) is 5.29. The number of amides is 1. The highest BCUT2D eigenvalue weighted by Crippen LogP contribution is 2.20. The molecular formula is C17H18N2O3S. The summed E-state index contributed by atoms with van der Waals surface area (Å²) >= 11 is 0. The molecule has 0 aliphatic heterocycles. The van der Waals surface area contributed by atoms with Gasteiger partial charge >= 0.3 is 0 Å². The lowest BCUT2D eigenvalue weighted by atomic mass is 9.94. The average molecular weight is 330 g/mol. The molecule has 5 nitrogen and oxygen atoms in total. The zero-order valence-electron chi connectivity index (χ0n) is 12.6. The molecule has 3 rings (SSSR count). The lowest BCUT2D eigenvalue weighted by Crippen LogP contribution is -2.36. The maximum Gasteiger partial charge on any atom is 0.264 e. The standard InChI is InChI=1S/C17H18N2O3S/c20-17(14-6-2-1-3-7-14)18-23(21,22)16-10-8-15(9-11-16)19-12-4-5-13-19/h1-2,4-5,8-14H,3,6-7H2,(H,18,20). The van der Waals surface area contributed by atoms with Crippen molar-refractivity contribution < 1.29 is 13.2 Å². The van der Waals surface area contributed by atoms with E-state index in [1.807, 2.05) is 41.2 Å². The van der Waals surface area contributed by atoms with E-state index < -0.39 is 15.9 Å². The summed E-state index contributed by atoms with van der Waals surface area (Å²) in [6.07, 6.45) is 9.77. The molecular weight excluding hydrogens is 312 g/mol. The highest BCUT2D eigenvalue weighted by molar-refractivity contribution is 7.90. The summed E-state index contributed by atoms with van der Waals surface area (Å²) in [6, 6.07) is 10.2. The Morgan fingerprint density at radius 2 is 1.78 bits per heavy atom. The third kappa shape index (κ3) is 3.53. The molecule has 0 saturated carbocycles. The SMILES string of the molecule is O=C(NS(=O)(=O)c1ccc(-n2cccc2)cc1)C1CC=CCC1. The first-order chi connectivity index (χ1) is 11.1. The number of allylic oxidation sites excluding steroid dienone is 2. The van der Waals surface area contributed by atoms with Crippen LogP contribution in [-0.4, -0.2) is 18.9 Å². The molecule has 23 heavy (non-hydrogen) atoms. The summed E-state index contributed by atoms with van der Waals surface area (Å²) < 4.78 is 28.7. The molecule has 1 atom stereocenters. The Hall–Kier alpha value is -2.34. The predicted molar refractivity (Wildman–Crippen MR) is 87.6 cm³/mol. The van der Waals surface area contributed by atoms with Gasteiger partial charge in [-0.1, -0.05) is 12.2 Å². The van der Waals surface area contributed by atoms with Crippen molar-refractivity contribution in [1.29, 1.82) is 0 Å². The van der Waals surface area contributed by atoms with Gasteiger partial charge < -0.3 is 4.57 Å². The van der Waals surface area contributed by atoms with Crippen LogP contribution in [0.4, 0.5) is 0 Å². The molecule has 1 heterocycles. The van der Waals surface area contributed by atoms with Crippen LogP contribution in [0.15, 0.2) is 65.8 Å². The van der Waals surface area contributed by atoms with Crippen molar-refractivity contribution in [1.82, 2.24) is 9.29 Å². The Kier molecular flexibility index (Phi) is 4.34. The van der Waals surface area contributed by atoms with Crippen molar-refractivity contribution in [3.63, 3.8) is 0 Å². The van der Waals surface area contributed by atoms with E-state index in [1.54, 1.807) is 12.1 Å². The van der Waals surface area contributed by atoms with E-state index >= 15 is 0 Å². The first kappa shape index (κ1) is 15.6. The van der Waals surface area contributed by atoms with Crippen molar-refractivity contribution >= 4 is 15.9 Å². The summed E-state index contributed by atoms with van der Waals surface area (Å²) in [7, 11) is -3.83. The molecule has 2 aromatic rings. The molecule has 1 aromatic carbocycles. The summed E-state index contributed by atoms with van der Waals surface area (Å²) in [4.78, 5) is 12.2. The molecule has 0 radical (unpaired) electrons. The highest BCUT2D eigenvalue weighted by Gasteiger charge is 2.24. The first-order valence-corrected chi connectivity index (χ1v) is 9.00. The number of rotatable bonds is 4. The Morgan fingerprint density at radius 3 is 2.39 bits per heavy atom. The molecule has 0 bridgehead atoms. The van der Waals surface area contributed by atoms with E-state index in [0.717, 1.165) is 12.1 Å². The molecule has 6 heteroatoms. The zero-order valence-corrected chi connectivity index (χ0v) is 13.4. The van der Waals surface area contributed by atoms with Gasteiger partial charge in [0.25, 0.3) is 10.0 Å². The molecule has 1 N–H and O–H groups in total. The van der Waals surface area contributed by atoms with Crippen LogP contribution < -0.4 is 4.72 Å². The van der Waals surface area contributed by atoms with Crippen LogP contribution in [0.25, 0.3) is 5.69 Å². The Bertz CT molecular complexity index is 806. The van der Waals surface area contributed by atoms with Crippen LogP contribution in [0.2, 0.25) is 0 Å². The Labute approximate surface area is 135 Å². The number of carbonyl (C=O) groups is 1. The van der Waals surface area contributed by atoms with Gasteiger partial charge in [-0.05, 0) is 55.7 Å². The predicted octanol–water partition coefficient (Wildman–Crippen LogP) is 2.64. The van der Waals surface area contributed by atoms with Crippen molar-refractivity contribution in [2.75, 3.05) is 0 Å². The quantitative estimate of drug-likeness (QED) is 0.876. The number of carbonyl (C=O) groups excluding carboxylic acids is 1. The van der Waals surface area contributed by atoms with Crippen molar-refractivity contribution in [3.8, 4) is 5.69 Å². The maximum atomic E-state index is 12.3. The highest BCUT2D eigenvalue weighted by atomic mass is 32.2. The van der Waals surface area contributed by atoms with Crippen LogP contribution in [0.1, 0.15) is 19.3 Å². The Morgan fingerprint density at radius 1 is 1.09 bits per heavy atom. The van der Waals surface area contributed by atoms with Gasteiger partial charge in [-0.25, -0.2) is 13.1 Å². The lowest BCUT2D eigenvalue weighted by molar-refractivity contribution is -0.123.